The van der Waals surface area contributed by atoms with Crippen molar-refractivity contribution in [3.63, 3.8) is 0 Å². The van der Waals surface area contributed by atoms with Crippen molar-refractivity contribution in [2.24, 2.45) is 0 Å². The van der Waals surface area contributed by atoms with Gasteiger partial charge in [-0.25, -0.2) is 0 Å². The van der Waals surface area contributed by atoms with Crippen LogP contribution in [0.2, 0.25) is 0 Å². The van der Waals surface area contributed by atoms with Gasteiger partial charge in [0.05, 0.1) is 13.2 Å². The smallest absolute Gasteiger partial charge is 0.0636 e. The number of fused-ring (bicyclic) bond motifs is 1. The first-order valence-electron chi connectivity index (χ1n) is 3.51. The lowest BCUT2D eigenvalue weighted by molar-refractivity contribution is 0.188. The van der Waals surface area contributed by atoms with Gasteiger partial charge in [-0.1, -0.05) is 0 Å². The number of rotatable bonds is 0. The van der Waals surface area contributed by atoms with Gasteiger partial charge < -0.3 is 15.4 Å². The molecule has 2 saturated heterocycles. The van der Waals surface area contributed by atoms with Gasteiger partial charge in [0.25, 0.3) is 0 Å². The Morgan fingerprint density at radius 2 is 1.56 bits per heavy atom. The molecule has 0 radical (unpaired) electrons. The van der Waals surface area contributed by atoms with Crippen molar-refractivity contribution in [2.75, 3.05) is 26.3 Å². The van der Waals surface area contributed by atoms with E-state index in [2.05, 4.69) is 10.6 Å². The average molecular weight is 128 g/mol. The molecule has 0 aliphatic carbocycles. The standard InChI is InChI=1S/C6H12N2O/c1-2-8-6-4-9-3-5(6)7-1/h5-8H,1-4H2/t5-,6+. The van der Waals surface area contributed by atoms with Gasteiger partial charge in [0, 0.05) is 25.2 Å². The van der Waals surface area contributed by atoms with E-state index in [4.69, 9.17) is 4.74 Å². The first-order valence-corrected chi connectivity index (χ1v) is 3.51. The largest absolute Gasteiger partial charge is 0.378 e. The van der Waals surface area contributed by atoms with E-state index in [1.165, 1.54) is 0 Å². The minimum atomic E-state index is 0.582. The zero-order chi connectivity index (χ0) is 6.10. The van der Waals surface area contributed by atoms with Crippen LogP contribution in [0.1, 0.15) is 0 Å². The molecule has 0 spiro atoms. The van der Waals surface area contributed by atoms with Gasteiger partial charge in [0.1, 0.15) is 0 Å². The Bertz CT molecular complexity index is 95.2. The normalized spacial score (nSPS) is 42.7. The fourth-order valence-electron chi connectivity index (χ4n) is 1.47. The van der Waals surface area contributed by atoms with E-state index in [0.29, 0.717) is 12.1 Å². The highest BCUT2D eigenvalue weighted by Crippen LogP contribution is 2.06. The maximum atomic E-state index is 5.27. The predicted molar refractivity (Wildman–Crippen MR) is 34.4 cm³/mol. The third-order valence-corrected chi connectivity index (χ3v) is 2.02. The highest BCUT2D eigenvalue weighted by molar-refractivity contribution is 4.90. The van der Waals surface area contributed by atoms with Crippen LogP contribution in [-0.4, -0.2) is 38.4 Å². The summed E-state index contributed by atoms with van der Waals surface area (Å²) in [6.07, 6.45) is 0. The molecule has 2 aliphatic rings. The zero-order valence-corrected chi connectivity index (χ0v) is 5.39. The third-order valence-electron chi connectivity index (χ3n) is 2.02. The van der Waals surface area contributed by atoms with Crippen LogP contribution in [0.15, 0.2) is 0 Å². The fraction of sp³-hybridized carbons (Fsp3) is 1.00. The summed E-state index contributed by atoms with van der Waals surface area (Å²) in [6.45, 7) is 3.95. The van der Waals surface area contributed by atoms with E-state index < -0.39 is 0 Å². The van der Waals surface area contributed by atoms with E-state index in [9.17, 15) is 0 Å². The number of nitrogens with one attached hydrogen (secondary N) is 2. The second-order valence-corrected chi connectivity index (χ2v) is 2.66. The molecule has 2 fully saturated rings. The maximum absolute atomic E-state index is 5.27. The molecule has 0 saturated carbocycles. The van der Waals surface area contributed by atoms with Crippen LogP contribution in [0.4, 0.5) is 0 Å². The molecule has 0 unspecified atom stereocenters. The molecule has 2 N–H and O–H groups in total. The molecule has 3 nitrogen and oxygen atoms in total. The zero-order valence-electron chi connectivity index (χ0n) is 5.39. The van der Waals surface area contributed by atoms with Crippen LogP contribution in [0.5, 0.6) is 0 Å². The van der Waals surface area contributed by atoms with E-state index >= 15 is 0 Å². The van der Waals surface area contributed by atoms with E-state index in [1.807, 2.05) is 0 Å². The van der Waals surface area contributed by atoms with E-state index in [1.54, 1.807) is 0 Å². The Morgan fingerprint density at radius 3 is 2.11 bits per heavy atom. The topological polar surface area (TPSA) is 33.3 Å². The summed E-state index contributed by atoms with van der Waals surface area (Å²) in [5.74, 6) is 0. The molecular weight excluding hydrogens is 116 g/mol. The molecule has 0 bridgehead atoms. The summed E-state index contributed by atoms with van der Waals surface area (Å²) >= 11 is 0. The molecule has 2 aliphatic heterocycles. The van der Waals surface area contributed by atoms with Crippen LogP contribution in [0.25, 0.3) is 0 Å². The number of hydrogen-bond acceptors (Lipinski definition) is 3. The van der Waals surface area contributed by atoms with Crippen molar-refractivity contribution < 1.29 is 4.74 Å². The summed E-state index contributed by atoms with van der Waals surface area (Å²) in [6, 6.07) is 1.16. The lowest BCUT2D eigenvalue weighted by Gasteiger charge is -2.25. The van der Waals surface area contributed by atoms with Crippen molar-refractivity contribution in [3.8, 4) is 0 Å². The van der Waals surface area contributed by atoms with Gasteiger partial charge in [-0.15, -0.1) is 0 Å². The highest BCUT2D eigenvalue weighted by atomic mass is 16.5. The first kappa shape index (κ1) is 5.65. The molecule has 9 heavy (non-hydrogen) atoms. The molecule has 3 heteroatoms. The summed E-state index contributed by atoms with van der Waals surface area (Å²) in [5, 5.41) is 6.79. The van der Waals surface area contributed by atoms with Crippen LogP contribution < -0.4 is 10.6 Å². The van der Waals surface area contributed by atoms with Crippen LogP contribution in [0, 0.1) is 0 Å². The minimum absolute atomic E-state index is 0.582. The van der Waals surface area contributed by atoms with Crippen molar-refractivity contribution >= 4 is 0 Å². The second kappa shape index (κ2) is 2.25. The molecule has 0 aromatic heterocycles. The molecule has 52 valence electrons. The van der Waals surface area contributed by atoms with E-state index in [-0.39, 0.29) is 0 Å². The lowest BCUT2D eigenvalue weighted by Crippen LogP contribution is -2.55. The third kappa shape index (κ3) is 0.956. The van der Waals surface area contributed by atoms with E-state index in [0.717, 1.165) is 26.3 Å². The predicted octanol–water partition coefficient (Wildman–Crippen LogP) is -1.05. The number of hydrogen-bond donors (Lipinski definition) is 2. The maximum Gasteiger partial charge on any atom is 0.0636 e. The minimum Gasteiger partial charge on any atom is -0.378 e. The number of ether oxygens (including phenoxy) is 1. The number of piperazine rings is 1. The Labute approximate surface area is 54.8 Å². The lowest BCUT2D eigenvalue weighted by atomic mass is 10.1. The Hall–Kier alpha value is -0.120. The quantitative estimate of drug-likeness (QED) is 0.436. The van der Waals surface area contributed by atoms with Gasteiger partial charge in [-0.05, 0) is 0 Å². The first-order chi connectivity index (χ1) is 4.47. The summed E-state index contributed by atoms with van der Waals surface area (Å²) < 4.78 is 5.27. The molecule has 0 aromatic carbocycles. The molecule has 2 atom stereocenters. The van der Waals surface area contributed by atoms with Crippen LogP contribution in [-0.2, 0) is 4.74 Å². The molecule has 0 amide bonds. The van der Waals surface area contributed by atoms with Crippen LogP contribution >= 0.6 is 0 Å². The Morgan fingerprint density at radius 1 is 1.00 bits per heavy atom. The van der Waals surface area contributed by atoms with Gasteiger partial charge in [0.2, 0.25) is 0 Å². The second-order valence-electron chi connectivity index (χ2n) is 2.66. The average Bonchev–Trinajstić information content (AvgIpc) is 2.33. The van der Waals surface area contributed by atoms with Crippen LogP contribution in [0.3, 0.4) is 0 Å². The van der Waals surface area contributed by atoms with Crippen molar-refractivity contribution in [3.05, 3.63) is 0 Å². The Balaban J connectivity index is 1.97. The summed E-state index contributed by atoms with van der Waals surface area (Å²) in [7, 11) is 0. The fourth-order valence-corrected chi connectivity index (χ4v) is 1.47. The molecule has 0 aromatic rings. The molecule has 2 rings (SSSR count). The van der Waals surface area contributed by atoms with Crippen molar-refractivity contribution in [2.45, 2.75) is 12.1 Å². The molecule has 2 heterocycles. The summed E-state index contributed by atoms with van der Waals surface area (Å²) in [5.41, 5.74) is 0. The summed E-state index contributed by atoms with van der Waals surface area (Å²) in [4.78, 5) is 0. The Kier molecular flexibility index (Phi) is 1.41. The van der Waals surface area contributed by atoms with Crippen molar-refractivity contribution in [1.29, 1.82) is 0 Å². The highest BCUT2D eigenvalue weighted by Gasteiger charge is 2.29. The monoisotopic (exact) mass is 128 g/mol. The van der Waals surface area contributed by atoms with Gasteiger partial charge in [-0.3, -0.25) is 0 Å². The van der Waals surface area contributed by atoms with Gasteiger partial charge in [-0.2, -0.15) is 0 Å². The van der Waals surface area contributed by atoms with Gasteiger partial charge >= 0.3 is 0 Å². The van der Waals surface area contributed by atoms with Crippen molar-refractivity contribution in [1.82, 2.24) is 10.6 Å². The molecular formula is C6H12N2O. The SMILES string of the molecule is C1CN[C@@H]2COC[C@@H]2N1. The van der Waals surface area contributed by atoms with Gasteiger partial charge in [0.15, 0.2) is 0 Å².